The van der Waals surface area contributed by atoms with Gasteiger partial charge in [0.05, 0.1) is 19.3 Å². The first-order valence-electron chi connectivity index (χ1n) is 10.3. The highest BCUT2D eigenvalue weighted by atomic mass is 16.6. The summed E-state index contributed by atoms with van der Waals surface area (Å²) in [5, 5.41) is 0. The molecule has 0 aliphatic heterocycles. The van der Waals surface area contributed by atoms with Crippen LogP contribution in [0.4, 0.5) is 0 Å². The van der Waals surface area contributed by atoms with E-state index in [1.165, 1.54) is 12.7 Å². The number of unbranched alkanes of at least 4 members (excludes halogenated alkanes) is 1. The molecule has 2 aromatic carbocycles. The van der Waals surface area contributed by atoms with E-state index in [1.807, 2.05) is 39.8 Å². The Bertz CT molecular complexity index is 816. The van der Waals surface area contributed by atoms with Gasteiger partial charge in [0.25, 0.3) is 0 Å². The lowest BCUT2D eigenvalue weighted by Crippen LogP contribution is -2.29. The number of benzene rings is 2. The molecule has 4 nitrogen and oxygen atoms in total. The molecule has 0 aliphatic rings. The number of carbonyl (C=O) groups is 1. The quantitative estimate of drug-likeness (QED) is 0.393. The molecule has 0 saturated carbocycles. The molecule has 0 radical (unpaired) electrons. The van der Waals surface area contributed by atoms with Gasteiger partial charge in [-0.05, 0) is 58.2 Å². The fourth-order valence-corrected chi connectivity index (χ4v) is 3.19. The van der Waals surface area contributed by atoms with E-state index >= 15 is 0 Å². The number of esters is 1. The fraction of sp³-hybridized carbons (Fsp3) is 0.480. The molecule has 0 bridgehead atoms. The molecule has 1 unspecified atom stereocenters. The standard InChI is InChI=1S/C25H34O4/c1-8-9-16-28-20-15-12-18(3)21(22(20)19-13-10-17(2)11-14-19)23(24(26)27-7)29-25(4,5)6/h10-15,23H,8-9,16H2,1-7H3. The zero-order valence-electron chi connectivity index (χ0n) is 18.8. The van der Waals surface area contributed by atoms with Crippen molar-refractivity contribution in [2.75, 3.05) is 13.7 Å². The third kappa shape index (κ3) is 6.07. The molecule has 0 aliphatic carbocycles. The average Bonchev–Trinajstić information content (AvgIpc) is 2.67. The zero-order valence-corrected chi connectivity index (χ0v) is 18.8. The lowest BCUT2D eigenvalue weighted by molar-refractivity contribution is -0.164. The molecule has 0 spiro atoms. The molecule has 0 N–H and O–H groups in total. The number of rotatable bonds is 8. The van der Waals surface area contributed by atoms with Crippen molar-refractivity contribution in [2.45, 2.75) is 66.1 Å². The van der Waals surface area contributed by atoms with Gasteiger partial charge >= 0.3 is 5.97 Å². The van der Waals surface area contributed by atoms with Gasteiger partial charge in [-0.1, -0.05) is 49.2 Å². The van der Waals surface area contributed by atoms with Gasteiger partial charge in [0.2, 0.25) is 0 Å². The maximum absolute atomic E-state index is 12.8. The summed E-state index contributed by atoms with van der Waals surface area (Å²) in [6, 6.07) is 12.2. The highest BCUT2D eigenvalue weighted by Crippen LogP contribution is 2.41. The molecule has 0 aromatic heterocycles. The van der Waals surface area contributed by atoms with Crippen molar-refractivity contribution in [1.82, 2.24) is 0 Å². The maximum atomic E-state index is 12.8. The Morgan fingerprint density at radius 3 is 2.24 bits per heavy atom. The van der Waals surface area contributed by atoms with Crippen LogP contribution in [0.2, 0.25) is 0 Å². The Morgan fingerprint density at radius 2 is 1.69 bits per heavy atom. The predicted molar refractivity (Wildman–Crippen MR) is 117 cm³/mol. The van der Waals surface area contributed by atoms with E-state index in [0.717, 1.165) is 40.8 Å². The second-order valence-electron chi connectivity index (χ2n) is 8.37. The minimum atomic E-state index is -0.842. The molecular formula is C25H34O4. The Balaban J connectivity index is 2.71. The van der Waals surface area contributed by atoms with E-state index in [4.69, 9.17) is 14.2 Å². The third-order valence-electron chi connectivity index (χ3n) is 4.67. The number of methoxy groups -OCH3 is 1. The average molecular weight is 399 g/mol. The first kappa shape index (κ1) is 23.0. The molecule has 29 heavy (non-hydrogen) atoms. The topological polar surface area (TPSA) is 44.8 Å². The first-order chi connectivity index (χ1) is 13.7. The van der Waals surface area contributed by atoms with Crippen LogP contribution in [-0.4, -0.2) is 25.3 Å². The van der Waals surface area contributed by atoms with E-state index in [2.05, 4.69) is 38.1 Å². The van der Waals surface area contributed by atoms with Crippen molar-refractivity contribution in [3.05, 3.63) is 53.1 Å². The summed E-state index contributed by atoms with van der Waals surface area (Å²) in [6.45, 7) is 12.6. The van der Waals surface area contributed by atoms with E-state index < -0.39 is 17.7 Å². The normalized spacial score (nSPS) is 12.5. The molecule has 2 aromatic rings. The van der Waals surface area contributed by atoms with Crippen molar-refractivity contribution in [3.63, 3.8) is 0 Å². The highest BCUT2D eigenvalue weighted by molar-refractivity contribution is 5.84. The first-order valence-corrected chi connectivity index (χ1v) is 10.3. The van der Waals surface area contributed by atoms with E-state index in [-0.39, 0.29) is 0 Å². The van der Waals surface area contributed by atoms with Crippen molar-refractivity contribution in [2.24, 2.45) is 0 Å². The van der Waals surface area contributed by atoms with Gasteiger partial charge in [-0.3, -0.25) is 0 Å². The van der Waals surface area contributed by atoms with Crippen LogP contribution in [0.5, 0.6) is 5.75 Å². The van der Waals surface area contributed by atoms with Crippen LogP contribution in [0, 0.1) is 13.8 Å². The van der Waals surface area contributed by atoms with Crippen molar-refractivity contribution >= 4 is 5.97 Å². The Labute approximate surface area is 175 Å². The van der Waals surface area contributed by atoms with Gasteiger partial charge in [-0.2, -0.15) is 0 Å². The van der Waals surface area contributed by atoms with Gasteiger partial charge in [0.15, 0.2) is 6.10 Å². The summed E-state index contributed by atoms with van der Waals surface area (Å²) >= 11 is 0. The number of hydrogen-bond acceptors (Lipinski definition) is 4. The molecule has 1 atom stereocenters. The summed E-state index contributed by atoms with van der Waals surface area (Å²) in [5.74, 6) is 0.344. The van der Waals surface area contributed by atoms with Crippen LogP contribution in [0.15, 0.2) is 36.4 Å². The van der Waals surface area contributed by atoms with Crippen LogP contribution < -0.4 is 4.74 Å². The van der Waals surface area contributed by atoms with Gasteiger partial charge in [-0.25, -0.2) is 4.79 Å². The monoisotopic (exact) mass is 398 g/mol. The molecule has 158 valence electrons. The molecule has 0 amide bonds. The van der Waals surface area contributed by atoms with E-state index in [1.54, 1.807) is 0 Å². The number of aryl methyl sites for hydroxylation is 2. The van der Waals surface area contributed by atoms with Gasteiger partial charge in [0, 0.05) is 11.1 Å². The summed E-state index contributed by atoms with van der Waals surface area (Å²) < 4.78 is 17.4. The Morgan fingerprint density at radius 1 is 1.03 bits per heavy atom. The van der Waals surface area contributed by atoms with E-state index in [9.17, 15) is 4.79 Å². The van der Waals surface area contributed by atoms with Crippen molar-refractivity contribution in [3.8, 4) is 16.9 Å². The molecule has 0 saturated heterocycles. The molecule has 0 fully saturated rings. The molecular weight excluding hydrogens is 364 g/mol. The van der Waals surface area contributed by atoms with Crippen LogP contribution in [-0.2, 0) is 14.3 Å². The predicted octanol–water partition coefficient (Wildman–Crippen LogP) is 6.18. The second kappa shape index (κ2) is 9.93. The van der Waals surface area contributed by atoms with Crippen molar-refractivity contribution < 1.29 is 19.0 Å². The number of hydrogen-bond donors (Lipinski definition) is 0. The number of carbonyl (C=O) groups excluding carboxylic acids is 1. The van der Waals surface area contributed by atoms with Gasteiger partial charge in [-0.15, -0.1) is 0 Å². The van der Waals surface area contributed by atoms with Gasteiger partial charge < -0.3 is 14.2 Å². The Hall–Kier alpha value is -2.33. The minimum Gasteiger partial charge on any atom is -0.493 e. The van der Waals surface area contributed by atoms with Gasteiger partial charge in [0.1, 0.15) is 5.75 Å². The smallest absolute Gasteiger partial charge is 0.339 e. The highest BCUT2D eigenvalue weighted by Gasteiger charge is 2.32. The summed E-state index contributed by atoms with van der Waals surface area (Å²) in [5.41, 5.74) is 4.29. The van der Waals surface area contributed by atoms with Crippen LogP contribution in [0.1, 0.15) is 63.3 Å². The van der Waals surface area contributed by atoms with Crippen LogP contribution in [0.25, 0.3) is 11.1 Å². The maximum Gasteiger partial charge on any atom is 0.339 e. The summed E-state index contributed by atoms with van der Waals surface area (Å²) in [7, 11) is 1.39. The van der Waals surface area contributed by atoms with Crippen LogP contribution in [0.3, 0.4) is 0 Å². The SMILES string of the molecule is CCCCOc1ccc(C)c(C(OC(C)(C)C)C(=O)OC)c1-c1ccc(C)cc1. The lowest BCUT2D eigenvalue weighted by Gasteiger charge is -2.29. The van der Waals surface area contributed by atoms with Crippen molar-refractivity contribution in [1.29, 1.82) is 0 Å². The number of ether oxygens (including phenoxy) is 3. The molecule has 0 heterocycles. The zero-order chi connectivity index (χ0) is 21.6. The largest absolute Gasteiger partial charge is 0.493 e. The Kier molecular flexibility index (Phi) is 7.86. The molecule has 4 heteroatoms. The lowest BCUT2D eigenvalue weighted by atomic mass is 9.90. The second-order valence-corrected chi connectivity index (χ2v) is 8.37. The third-order valence-corrected chi connectivity index (χ3v) is 4.67. The van der Waals surface area contributed by atoms with Crippen LogP contribution >= 0.6 is 0 Å². The van der Waals surface area contributed by atoms with E-state index in [0.29, 0.717) is 6.61 Å². The minimum absolute atomic E-state index is 0.415. The fourth-order valence-electron chi connectivity index (χ4n) is 3.19. The summed E-state index contributed by atoms with van der Waals surface area (Å²) in [4.78, 5) is 12.8. The molecule has 2 rings (SSSR count). The summed E-state index contributed by atoms with van der Waals surface area (Å²) in [6.07, 6.45) is 1.18.